The van der Waals surface area contributed by atoms with Crippen molar-refractivity contribution < 1.29 is 9.84 Å². The number of rotatable bonds is 3. The molecule has 0 spiro atoms. The summed E-state index contributed by atoms with van der Waals surface area (Å²) in [5.41, 5.74) is 2.41. The second-order valence-electron chi connectivity index (χ2n) is 5.27. The number of benzene rings is 1. The molecule has 1 aliphatic rings. The van der Waals surface area contributed by atoms with Gasteiger partial charge in [0.25, 0.3) is 0 Å². The highest BCUT2D eigenvalue weighted by atomic mass is 16.5. The molecule has 0 bridgehead atoms. The van der Waals surface area contributed by atoms with Crippen molar-refractivity contribution in [3.63, 3.8) is 0 Å². The lowest BCUT2D eigenvalue weighted by Gasteiger charge is -2.33. The maximum Gasteiger partial charge on any atom is 0.145 e. The number of aliphatic hydroxyl groups excluding tert-OH is 1. The molecule has 0 amide bonds. The Bertz CT molecular complexity index is 395. The number of anilines is 1. The van der Waals surface area contributed by atoms with Crippen LogP contribution >= 0.6 is 0 Å². The fourth-order valence-corrected chi connectivity index (χ4v) is 2.58. The monoisotopic (exact) mass is 249 g/mol. The summed E-state index contributed by atoms with van der Waals surface area (Å²) in [5.74, 6) is 1.44. The summed E-state index contributed by atoms with van der Waals surface area (Å²) >= 11 is 0. The van der Waals surface area contributed by atoms with Crippen molar-refractivity contribution in [2.75, 3.05) is 25.1 Å². The molecule has 1 heterocycles. The topological polar surface area (TPSA) is 32.7 Å². The molecular formula is C15H23NO2. The second kappa shape index (κ2) is 5.61. The van der Waals surface area contributed by atoms with E-state index in [1.807, 2.05) is 0 Å². The van der Waals surface area contributed by atoms with Crippen LogP contribution in [0.1, 0.15) is 38.2 Å². The highest BCUT2D eigenvalue weighted by Crippen LogP contribution is 2.37. The first-order valence-corrected chi connectivity index (χ1v) is 6.73. The van der Waals surface area contributed by atoms with Crippen LogP contribution in [-0.4, -0.2) is 31.4 Å². The first-order chi connectivity index (χ1) is 8.63. The zero-order valence-electron chi connectivity index (χ0n) is 11.5. The Hall–Kier alpha value is -1.22. The Morgan fingerprint density at radius 2 is 1.94 bits per heavy atom. The molecule has 0 atom stereocenters. The molecule has 1 fully saturated rings. The van der Waals surface area contributed by atoms with Gasteiger partial charge in [0.2, 0.25) is 0 Å². The van der Waals surface area contributed by atoms with Crippen LogP contribution in [0.4, 0.5) is 5.69 Å². The first kappa shape index (κ1) is 13.2. The Morgan fingerprint density at radius 1 is 1.28 bits per heavy atom. The van der Waals surface area contributed by atoms with Gasteiger partial charge < -0.3 is 14.7 Å². The van der Waals surface area contributed by atoms with Gasteiger partial charge in [-0.1, -0.05) is 26.0 Å². The van der Waals surface area contributed by atoms with Gasteiger partial charge in [0, 0.05) is 13.1 Å². The third-order valence-corrected chi connectivity index (χ3v) is 3.66. The summed E-state index contributed by atoms with van der Waals surface area (Å²) in [6, 6.07) is 6.34. The highest BCUT2D eigenvalue weighted by molar-refractivity contribution is 5.63. The number of hydrogen-bond donors (Lipinski definition) is 1. The number of hydrogen-bond acceptors (Lipinski definition) is 3. The van der Waals surface area contributed by atoms with Crippen LogP contribution in [0.5, 0.6) is 5.75 Å². The van der Waals surface area contributed by atoms with E-state index in [-0.39, 0.29) is 6.10 Å². The van der Waals surface area contributed by atoms with E-state index in [2.05, 4.69) is 36.9 Å². The third-order valence-electron chi connectivity index (χ3n) is 3.66. The molecular weight excluding hydrogens is 226 g/mol. The normalized spacial score (nSPS) is 17.3. The van der Waals surface area contributed by atoms with Crippen LogP contribution in [0.25, 0.3) is 0 Å². The van der Waals surface area contributed by atoms with Crippen molar-refractivity contribution in [2.45, 2.75) is 38.7 Å². The van der Waals surface area contributed by atoms with E-state index in [1.165, 1.54) is 5.56 Å². The second-order valence-corrected chi connectivity index (χ2v) is 5.27. The molecule has 100 valence electrons. The lowest BCUT2D eigenvalue weighted by molar-refractivity contribution is 0.145. The summed E-state index contributed by atoms with van der Waals surface area (Å²) in [4.78, 5) is 2.32. The third kappa shape index (κ3) is 2.61. The SMILES string of the molecule is COc1c(C(C)C)cccc1N1CCC(O)CC1. The van der Waals surface area contributed by atoms with E-state index >= 15 is 0 Å². The molecule has 3 nitrogen and oxygen atoms in total. The van der Waals surface area contributed by atoms with E-state index in [1.54, 1.807) is 7.11 Å². The maximum atomic E-state index is 9.59. The van der Waals surface area contributed by atoms with Gasteiger partial charge in [-0.2, -0.15) is 0 Å². The average molecular weight is 249 g/mol. The minimum atomic E-state index is -0.138. The van der Waals surface area contributed by atoms with Gasteiger partial charge in [-0.3, -0.25) is 0 Å². The highest BCUT2D eigenvalue weighted by Gasteiger charge is 2.21. The molecule has 1 aromatic rings. The smallest absolute Gasteiger partial charge is 0.145 e. The van der Waals surface area contributed by atoms with Crippen LogP contribution in [0, 0.1) is 0 Å². The fourth-order valence-electron chi connectivity index (χ4n) is 2.58. The molecule has 3 heteroatoms. The van der Waals surface area contributed by atoms with Crippen molar-refractivity contribution in [3.8, 4) is 5.75 Å². The molecule has 0 aromatic heterocycles. The van der Waals surface area contributed by atoms with Gasteiger partial charge in [-0.25, -0.2) is 0 Å². The molecule has 1 aromatic carbocycles. The van der Waals surface area contributed by atoms with E-state index in [4.69, 9.17) is 4.74 Å². The van der Waals surface area contributed by atoms with Crippen LogP contribution < -0.4 is 9.64 Å². The van der Waals surface area contributed by atoms with Gasteiger partial charge in [0.1, 0.15) is 5.75 Å². The number of methoxy groups -OCH3 is 1. The lowest BCUT2D eigenvalue weighted by Crippen LogP contribution is -2.36. The first-order valence-electron chi connectivity index (χ1n) is 6.73. The van der Waals surface area contributed by atoms with Crippen LogP contribution in [-0.2, 0) is 0 Å². The quantitative estimate of drug-likeness (QED) is 0.894. The van der Waals surface area contributed by atoms with Crippen molar-refractivity contribution in [1.82, 2.24) is 0 Å². The molecule has 0 saturated carbocycles. The maximum absolute atomic E-state index is 9.59. The van der Waals surface area contributed by atoms with Gasteiger partial charge in [0.05, 0.1) is 18.9 Å². The zero-order chi connectivity index (χ0) is 13.1. The number of nitrogens with zero attached hydrogens (tertiary/aromatic N) is 1. The summed E-state index contributed by atoms with van der Waals surface area (Å²) < 4.78 is 5.61. The number of aliphatic hydroxyl groups is 1. The molecule has 0 unspecified atom stereocenters. The predicted molar refractivity (Wildman–Crippen MR) is 74.5 cm³/mol. The molecule has 1 aliphatic heterocycles. The van der Waals surface area contributed by atoms with E-state index in [0.717, 1.165) is 37.4 Å². The van der Waals surface area contributed by atoms with Crippen molar-refractivity contribution in [2.24, 2.45) is 0 Å². The number of para-hydroxylation sites is 1. The van der Waals surface area contributed by atoms with Crippen molar-refractivity contribution in [3.05, 3.63) is 23.8 Å². The molecule has 0 radical (unpaired) electrons. The minimum Gasteiger partial charge on any atom is -0.494 e. The van der Waals surface area contributed by atoms with Crippen LogP contribution in [0.2, 0.25) is 0 Å². The molecule has 0 aliphatic carbocycles. The van der Waals surface area contributed by atoms with Gasteiger partial charge in [-0.15, -0.1) is 0 Å². The number of ether oxygens (including phenoxy) is 1. The fraction of sp³-hybridized carbons (Fsp3) is 0.600. The van der Waals surface area contributed by atoms with Gasteiger partial charge in [0.15, 0.2) is 0 Å². The molecule has 1 N–H and O–H groups in total. The molecule has 1 saturated heterocycles. The zero-order valence-corrected chi connectivity index (χ0v) is 11.5. The van der Waals surface area contributed by atoms with E-state index in [0.29, 0.717) is 5.92 Å². The van der Waals surface area contributed by atoms with Gasteiger partial charge in [-0.05, 0) is 30.4 Å². The lowest BCUT2D eigenvalue weighted by atomic mass is 9.99. The largest absolute Gasteiger partial charge is 0.494 e. The molecule has 18 heavy (non-hydrogen) atoms. The Kier molecular flexibility index (Phi) is 4.12. The Balaban J connectivity index is 2.29. The van der Waals surface area contributed by atoms with Crippen LogP contribution in [0.3, 0.4) is 0 Å². The number of piperidine rings is 1. The predicted octanol–water partition coefficient (Wildman–Crippen LogP) is 2.78. The summed E-state index contributed by atoms with van der Waals surface area (Å²) in [5, 5.41) is 9.59. The summed E-state index contributed by atoms with van der Waals surface area (Å²) in [6.45, 7) is 6.17. The average Bonchev–Trinajstić information content (AvgIpc) is 2.38. The summed E-state index contributed by atoms with van der Waals surface area (Å²) in [6.07, 6.45) is 1.55. The van der Waals surface area contributed by atoms with Crippen molar-refractivity contribution >= 4 is 5.69 Å². The van der Waals surface area contributed by atoms with E-state index in [9.17, 15) is 5.11 Å². The van der Waals surface area contributed by atoms with Gasteiger partial charge >= 0.3 is 0 Å². The summed E-state index contributed by atoms with van der Waals surface area (Å²) in [7, 11) is 1.74. The Labute approximate surface area is 109 Å². The standard InChI is InChI=1S/C15H23NO2/c1-11(2)13-5-4-6-14(15(13)18-3)16-9-7-12(17)8-10-16/h4-6,11-12,17H,7-10H2,1-3H3. The van der Waals surface area contributed by atoms with Crippen LogP contribution in [0.15, 0.2) is 18.2 Å². The minimum absolute atomic E-state index is 0.138. The Morgan fingerprint density at radius 3 is 2.50 bits per heavy atom. The van der Waals surface area contributed by atoms with E-state index < -0.39 is 0 Å². The molecule has 2 rings (SSSR count). The van der Waals surface area contributed by atoms with Crippen molar-refractivity contribution in [1.29, 1.82) is 0 Å².